The maximum atomic E-state index is 12.6. The molecule has 0 aliphatic rings. The van der Waals surface area contributed by atoms with Gasteiger partial charge in [0.15, 0.2) is 5.65 Å². The van der Waals surface area contributed by atoms with Gasteiger partial charge in [-0.25, -0.2) is 9.67 Å². The van der Waals surface area contributed by atoms with Gasteiger partial charge < -0.3 is 15.8 Å². The van der Waals surface area contributed by atoms with Gasteiger partial charge in [-0.15, -0.1) is 0 Å². The Balaban J connectivity index is 1.76. The number of benzene rings is 1. The number of nitrogens with two attached hydrogens (primary N) is 1. The molecular formula is C19H23N5O2. The predicted molar refractivity (Wildman–Crippen MR) is 100 cm³/mol. The minimum Gasteiger partial charge on any atom is -0.496 e. The molecule has 2 heterocycles. The molecule has 3 aromatic rings. The molecule has 0 radical (unpaired) electrons. The molecule has 0 fully saturated rings. The second-order valence-electron chi connectivity index (χ2n) is 6.05. The van der Waals surface area contributed by atoms with Crippen LogP contribution in [-0.2, 0) is 6.54 Å². The number of carbonyl (C=O) groups excluding carboxylic acids is 1. The zero-order chi connectivity index (χ0) is 18.7. The van der Waals surface area contributed by atoms with Crippen molar-refractivity contribution < 1.29 is 9.53 Å². The standard InChI is InChI=1S/C19H23N5O2/c1-4-24-18-13(10-22-24)9-15(12(2)23-18)19(25)21-11-16(20)14-7-5-6-8-17(14)26-3/h5-10,16H,4,11,20H2,1-3H3,(H,21,25). The number of nitrogens with one attached hydrogen (secondary N) is 1. The number of aryl methyl sites for hydroxylation is 2. The number of hydrogen-bond acceptors (Lipinski definition) is 5. The molecule has 1 unspecified atom stereocenters. The van der Waals surface area contributed by atoms with Crippen LogP contribution < -0.4 is 15.8 Å². The Morgan fingerprint density at radius 1 is 1.38 bits per heavy atom. The molecule has 0 bridgehead atoms. The smallest absolute Gasteiger partial charge is 0.253 e. The average Bonchev–Trinajstić information content (AvgIpc) is 3.06. The Hall–Kier alpha value is -2.93. The largest absolute Gasteiger partial charge is 0.496 e. The van der Waals surface area contributed by atoms with Gasteiger partial charge in [0, 0.05) is 24.0 Å². The summed E-state index contributed by atoms with van der Waals surface area (Å²) >= 11 is 0. The molecule has 1 amide bonds. The van der Waals surface area contributed by atoms with Crippen molar-refractivity contribution in [1.82, 2.24) is 20.1 Å². The zero-order valence-corrected chi connectivity index (χ0v) is 15.2. The van der Waals surface area contributed by atoms with Crippen molar-refractivity contribution in [2.24, 2.45) is 5.73 Å². The third kappa shape index (κ3) is 3.39. The molecule has 1 atom stereocenters. The van der Waals surface area contributed by atoms with E-state index in [0.717, 1.165) is 23.1 Å². The van der Waals surface area contributed by atoms with Crippen molar-refractivity contribution in [3.05, 3.63) is 53.3 Å². The van der Waals surface area contributed by atoms with Gasteiger partial charge in [0.1, 0.15) is 5.75 Å². The van der Waals surface area contributed by atoms with Gasteiger partial charge in [-0.2, -0.15) is 5.10 Å². The minimum atomic E-state index is -0.366. The van der Waals surface area contributed by atoms with E-state index >= 15 is 0 Å². The van der Waals surface area contributed by atoms with Crippen molar-refractivity contribution in [1.29, 1.82) is 0 Å². The molecule has 26 heavy (non-hydrogen) atoms. The van der Waals surface area contributed by atoms with E-state index in [9.17, 15) is 4.79 Å². The van der Waals surface area contributed by atoms with E-state index in [4.69, 9.17) is 10.5 Å². The van der Waals surface area contributed by atoms with Crippen LogP contribution in [0.1, 0.15) is 34.6 Å². The topological polar surface area (TPSA) is 95.1 Å². The normalized spacial score (nSPS) is 12.2. The van der Waals surface area contributed by atoms with Crippen LogP contribution in [0.5, 0.6) is 5.75 Å². The average molecular weight is 353 g/mol. The Kier molecular flexibility index (Phi) is 5.18. The van der Waals surface area contributed by atoms with Crippen LogP contribution in [0, 0.1) is 6.92 Å². The second-order valence-corrected chi connectivity index (χ2v) is 6.05. The first-order valence-corrected chi connectivity index (χ1v) is 8.55. The first kappa shape index (κ1) is 17.9. The number of nitrogens with zero attached hydrogens (tertiary/aromatic N) is 3. The van der Waals surface area contributed by atoms with Gasteiger partial charge in [-0.05, 0) is 26.0 Å². The van der Waals surface area contributed by atoms with Gasteiger partial charge in [0.2, 0.25) is 0 Å². The molecule has 0 aliphatic heterocycles. The highest BCUT2D eigenvalue weighted by Gasteiger charge is 2.16. The first-order chi connectivity index (χ1) is 12.5. The van der Waals surface area contributed by atoms with E-state index < -0.39 is 0 Å². The molecule has 3 N–H and O–H groups in total. The van der Waals surface area contributed by atoms with Gasteiger partial charge in [-0.3, -0.25) is 4.79 Å². The van der Waals surface area contributed by atoms with Crippen LogP contribution in [0.25, 0.3) is 11.0 Å². The number of para-hydroxylation sites is 1. The highest BCUT2D eigenvalue weighted by molar-refractivity contribution is 5.98. The number of pyridine rings is 1. The third-order valence-electron chi connectivity index (χ3n) is 4.37. The fourth-order valence-electron chi connectivity index (χ4n) is 2.94. The molecule has 0 aliphatic carbocycles. The summed E-state index contributed by atoms with van der Waals surface area (Å²) in [5, 5.41) is 8.01. The Bertz CT molecular complexity index is 935. The van der Waals surface area contributed by atoms with Gasteiger partial charge in [0.05, 0.1) is 30.6 Å². The Morgan fingerprint density at radius 3 is 2.88 bits per heavy atom. The van der Waals surface area contributed by atoms with Crippen molar-refractivity contribution in [3.63, 3.8) is 0 Å². The molecule has 0 spiro atoms. The maximum Gasteiger partial charge on any atom is 0.253 e. The molecule has 2 aromatic heterocycles. The third-order valence-corrected chi connectivity index (χ3v) is 4.37. The number of methoxy groups -OCH3 is 1. The lowest BCUT2D eigenvalue weighted by Gasteiger charge is -2.16. The zero-order valence-electron chi connectivity index (χ0n) is 15.2. The summed E-state index contributed by atoms with van der Waals surface area (Å²) in [7, 11) is 1.60. The van der Waals surface area contributed by atoms with Crippen LogP contribution in [-0.4, -0.2) is 34.3 Å². The molecule has 7 nitrogen and oxygen atoms in total. The summed E-state index contributed by atoms with van der Waals surface area (Å²) in [5.41, 5.74) is 9.05. The summed E-state index contributed by atoms with van der Waals surface area (Å²) in [4.78, 5) is 17.1. The number of ether oxygens (including phenoxy) is 1. The highest BCUT2D eigenvalue weighted by Crippen LogP contribution is 2.23. The molecular weight excluding hydrogens is 330 g/mol. The lowest BCUT2D eigenvalue weighted by Crippen LogP contribution is -2.32. The Labute approximate surface area is 152 Å². The van der Waals surface area contributed by atoms with Crippen molar-refractivity contribution in [2.45, 2.75) is 26.4 Å². The lowest BCUT2D eigenvalue weighted by atomic mass is 10.1. The molecule has 7 heteroatoms. The van der Waals surface area contributed by atoms with E-state index in [2.05, 4.69) is 15.4 Å². The highest BCUT2D eigenvalue weighted by atomic mass is 16.5. The molecule has 0 saturated heterocycles. The van der Waals surface area contributed by atoms with Gasteiger partial charge >= 0.3 is 0 Å². The SMILES string of the molecule is CCn1ncc2cc(C(=O)NCC(N)c3ccccc3OC)c(C)nc21. The van der Waals surface area contributed by atoms with E-state index in [0.29, 0.717) is 23.6 Å². The molecule has 136 valence electrons. The predicted octanol–water partition coefficient (Wildman–Crippen LogP) is 2.20. The summed E-state index contributed by atoms with van der Waals surface area (Å²) < 4.78 is 7.13. The van der Waals surface area contributed by atoms with E-state index in [-0.39, 0.29) is 11.9 Å². The van der Waals surface area contributed by atoms with E-state index in [1.807, 2.05) is 48.9 Å². The van der Waals surface area contributed by atoms with Crippen LogP contribution in [0.2, 0.25) is 0 Å². The summed E-state index contributed by atoms with van der Waals surface area (Å²) in [6.45, 7) is 4.85. The number of aromatic nitrogens is 3. The van der Waals surface area contributed by atoms with E-state index in [1.54, 1.807) is 13.3 Å². The van der Waals surface area contributed by atoms with Crippen molar-refractivity contribution in [2.75, 3.05) is 13.7 Å². The summed E-state index contributed by atoms with van der Waals surface area (Å²) in [6, 6.07) is 8.98. The van der Waals surface area contributed by atoms with Crippen LogP contribution in [0.3, 0.4) is 0 Å². The second kappa shape index (κ2) is 7.53. The number of carbonyl (C=O) groups is 1. The lowest BCUT2D eigenvalue weighted by molar-refractivity contribution is 0.0950. The number of rotatable bonds is 6. The van der Waals surface area contributed by atoms with Crippen LogP contribution in [0.4, 0.5) is 0 Å². The quantitative estimate of drug-likeness (QED) is 0.708. The number of fused-ring (bicyclic) bond motifs is 1. The van der Waals surface area contributed by atoms with Crippen molar-refractivity contribution in [3.8, 4) is 5.75 Å². The maximum absolute atomic E-state index is 12.6. The molecule has 1 aromatic carbocycles. The van der Waals surface area contributed by atoms with Gasteiger partial charge in [0.25, 0.3) is 5.91 Å². The molecule has 0 saturated carbocycles. The van der Waals surface area contributed by atoms with Crippen LogP contribution >= 0.6 is 0 Å². The summed E-state index contributed by atoms with van der Waals surface area (Å²) in [6.07, 6.45) is 1.72. The molecule has 3 rings (SSSR count). The van der Waals surface area contributed by atoms with E-state index in [1.165, 1.54) is 0 Å². The number of hydrogen-bond donors (Lipinski definition) is 2. The van der Waals surface area contributed by atoms with Gasteiger partial charge in [-0.1, -0.05) is 18.2 Å². The summed E-state index contributed by atoms with van der Waals surface area (Å²) in [5.74, 6) is 0.506. The Morgan fingerprint density at radius 2 is 2.15 bits per heavy atom. The number of amides is 1. The first-order valence-electron chi connectivity index (χ1n) is 8.55. The monoisotopic (exact) mass is 353 g/mol. The van der Waals surface area contributed by atoms with Crippen LogP contribution in [0.15, 0.2) is 36.5 Å². The minimum absolute atomic E-state index is 0.202. The van der Waals surface area contributed by atoms with Crippen molar-refractivity contribution >= 4 is 16.9 Å². The fraction of sp³-hybridized carbons (Fsp3) is 0.316. The fourth-order valence-corrected chi connectivity index (χ4v) is 2.94.